The molecule has 3 aromatic carbocycles. The first-order chi connectivity index (χ1) is 14.2. The Morgan fingerprint density at radius 3 is 2.38 bits per heavy atom. The lowest BCUT2D eigenvalue weighted by Gasteiger charge is -2.38. The van der Waals surface area contributed by atoms with Crippen molar-refractivity contribution in [1.82, 2.24) is 9.80 Å². The third-order valence-electron chi connectivity index (χ3n) is 6.13. The predicted octanol–water partition coefficient (Wildman–Crippen LogP) is 4.90. The molecule has 3 heteroatoms. The predicted molar refractivity (Wildman–Crippen MR) is 120 cm³/mol. The summed E-state index contributed by atoms with van der Waals surface area (Å²) in [4.78, 5) is 17.8. The van der Waals surface area contributed by atoms with Crippen LogP contribution in [0.4, 0.5) is 0 Å². The second kappa shape index (κ2) is 9.23. The van der Waals surface area contributed by atoms with Crippen LogP contribution in [0.25, 0.3) is 10.8 Å². The van der Waals surface area contributed by atoms with Crippen LogP contribution in [0, 0.1) is 0 Å². The maximum atomic E-state index is 13.2. The molecule has 0 radical (unpaired) electrons. The fourth-order valence-electron chi connectivity index (χ4n) is 4.58. The molecule has 0 atom stereocenters. The summed E-state index contributed by atoms with van der Waals surface area (Å²) in [7, 11) is 0. The zero-order chi connectivity index (χ0) is 20.1. The number of rotatable bonds is 6. The summed E-state index contributed by atoms with van der Waals surface area (Å²) in [5.74, 6) is 0.255. The molecular formula is C26H30N2O. The van der Waals surface area contributed by atoms with Crippen molar-refractivity contribution in [2.24, 2.45) is 0 Å². The zero-order valence-corrected chi connectivity index (χ0v) is 17.3. The van der Waals surface area contributed by atoms with Gasteiger partial charge in [0.1, 0.15) is 0 Å². The lowest BCUT2D eigenvalue weighted by atomic mass is 9.99. The molecule has 150 valence electrons. The van der Waals surface area contributed by atoms with Gasteiger partial charge in [0, 0.05) is 32.2 Å². The average molecular weight is 387 g/mol. The second-order valence-corrected chi connectivity index (χ2v) is 7.99. The first kappa shape index (κ1) is 19.7. The zero-order valence-electron chi connectivity index (χ0n) is 17.3. The van der Waals surface area contributed by atoms with Gasteiger partial charge in [-0.25, -0.2) is 0 Å². The van der Waals surface area contributed by atoms with E-state index in [0.717, 1.165) is 44.6 Å². The molecule has 0 spiro atoms. The minimum Gasteiger partial charge on any atom is -0.340 e. The minimum absolute atomic E-state index is 0.255. The topological polar surface area (TPSA) is 23.6 Å². The Balaban J connectivity index is 1.38. The summed E-state index contributed by atoms with van der Waals surface area (Å²) < 4.78 is 0. The molecule has 1 heterocycles. The molecular weight excluding hydrogens is 356 g/mol. The quantitative estimate of drug-likeness (QED) is 0.602. The molecule has 1 fully saturated rings. The fraction of sp³-hybridized carbons (Fsp3) is 0.346. The highest BCUT2D eigenvalue weighted by atomic mass is 16.2. The van der Waals surface area contributed by atoms with Crippen LogP contribution in [0.2, 0.25) is 0 Å². The van der Waals surface area contributed by atoms with Gasteiger partial charge in [0.2, 0.25) is 5.91 Å². The third kappa shape index (κ3) is 4.68. The highest BCUT2D eigenvalue weighted by molar-refractivity contribution is 5.90. The van der Waals surface area contributed by atoms with Crippen LogP contribution in [-0.2, 0) is 17.8 Å². The molecule has 4 rings (SSSR count). The van der Waals surface area contributed by atoms with Crippen LogP contribution in [-0.4, -0.2) is 41.4 Å². The fourth-order valence-corrected chi connectivity index (χ4v) is 4.58. The Labute approximate surface area is 173 Å². The standard InChI is InChI=1S/C26H30N2O/c1-2-28(24-15-17-27(18-16-24)20-21-9-4-3-5-10-21)26(29)19-23-13-8-12-22-11-6-7-14-25(22)23/h3-14,24H,2,15-20H2,1H3. The van der Waals surface area contributed by atoms with Gasteiger partial charge in [0.05, 0.1) is 6.42 Å². The number of amides is 1. The largest absolute Gasteiger partial charge is 0.340 e. The molecule has 1 amide bonds. The van der Waals surface area contributed by atoms with Gasteiger partial charge in [0.25, 0.3) is 0 Å². The smallest absolute Gasteiger partial charge is 0.227 e. The molecule has 0 aliphatic carbocycles. The number of benzene rings is 3. The molecule has 0 N–H and O–H groups in total. The number of hydrogen-bond donors (Lipinski definition) is 0. The van der Waals surface area contributed by atoms with Crippen molar-refractivity contribution in [3.8, 4) is 0 Å². The number of likely N-dealkylation sites (N-methyl/N-ethyl adjacent to an activating group) is 1. The maximum Gasteiger partial charge on any atom is 0.227 e. The van der Waals surface area contributed by atoms with Crippen molar-refractivity contribution in [3.05, 3.63) is 83.9 Å². The molecule has 1 saturated heterocycles. The minimum atomic E-state index is 0.255. The number of piperidine rings is 1. The summed E-state index contributed by atoms with van der Waals surface area (Å²) in [6, 6.07) is 25.6. The number of carbonyl (C=O) groups is 1. The number of fused-ring (bicyclic) bond motifs is 1. The van der Waals surface area contributed by atoms with Gasteiger partial charge in [0.15, 0.2) is 0 Å². The second-order valence-electron chi connectivity index (χ2n) is 7.99. The van der Waals surface area contributed by atoms with Crippen molar-refractivity contribution >= 4 is 16.7 Å². The van der Waals surface area contributed by atoms with E-state index in [-0.39, 0.29) is 5.91 Å². The monoisotopic (exact) mass is 386 g/mol. The first-order valence-electron chi connectivity index (χ1n) is 10.8. The van der Waals surface area contributed by atoms with Crippen LogP contribution in [0.1, 0.15) is 30.9 Å². The van der Waals surface area contributed by atoms with E-state index in [9.17, 15) is 4.79 Å². The van der Waals surface area contributed by atoms with E-state index in [1.807, 2.05) is 0 Å². The molecule has 0 unspecified atom stereocenters. The highest BCUT2D eigenvalue weighted by Crippen LogP contribution is 2.22. The Hall–Kier alpha value is -2.65. The first-order valence-corrected chi connectivity index (χ1v) is 10.8. The van der Waals surface area contributed by atoms with E-state index >= 15 is 0 Å². The lowest BCUT2D eigenvalue weighted by molar-refractivity contribution is -0.133. The van der Waals surface area contributed by atoms with Gasteiger partial charge in [-0.15, -0.1) is 0 Å². The third-order valence-corrected chi connectivity index (χ3v) is 6.13. The molecule has 1 aliphatic rings. The van der Waals surface area contributed by atoms with Crippen molar-refractivity contribution in [2.45, 2.75) is 38.8 Å². The number of likely N-dealkylation sites (tertiary alicyclic amines) is 1. The molecule has 29 heavy (non-hydrogen) atoms. The van der Waals surface area contributed by atoms with Crippen molar-refractivity contribution in [3.63, 3.8) is 0 Å². The number of carbonyl (C=O) groups excluding carboxylic acids is 1. The maximum absolute atomic E-state index is 13.2. The van der Waals surface area contributed by atoms with Crippen molar-refractivity contribution in [1.29, 1.82) is 0 Å². The van der Waals surface area contributed by atoms with Gasteiger partial charge in [-0.2, -0.15) is 0 Å². The summed E-state index contributed by atoms with van der Waals surface area (Å²) in [6.07, 6.45) is 2.60. The summed E-state index contributed by atoms with van der Waals surface area (Å²) in [6.45, 7) is 6.00. The van der Waals surface area contributed by atoms with E-state index in [4.69, 9.17) is 0 Å². The van der Waals surface area contributed by atoms with Crippen LogP contribution >= 0.6 is 0 Å². The molecule has 0 bridgehead atoms. The van der Waals surface area contributed by atoms with Crippen LogP contribution < -0.4 is 0 Å². The molecule has 3 nitrogen and oxygen atoms in total. The Morgan fingerprint density at radius 1 is 0.931 bits per heavy atom. The van der Waals surface area contributed by atoms with E-state index in [1.54, 1.807) is 0 Å². The van der Waals surface area contributed by atoms with E-state index in [0.29, 0.717) is 12.5 Å². The highest BCUT2D eigenvalue weighted by Gasteiger charge is 2.27. The van der Waals surface area contributed by atoms with Gasteiger partial charge in [-0.05, 0) is 41.7 Å². The Morgan fingerprint density at radius 2 is 1.62 bits per heavy atom. The molecule has 0 saturated carbocycles. The normalized spacial score (nSPS) is 15.5. The van der Waals surface area contributed by atoms with Crippen LogP contribution in [0.3, 0.4) is 0 Å². The molecule has 3 aromatic rings. The average Bonchev–Trinajstić information content (AvgIpc) is 2.76. The van der Waals surface area contributed by atoms with Crippen LogP contribution in [0.15, 0.2) is 72.8 Å². The van der Waals surface area contributed by atoms with E-state index < -0.39 is 0 Å². The Kier molecular flexibility index (Phi) is 6.26. The van der Waals surface area contributed by atoms with Gasteiger partial charge < -0.3 is 4.90 Å². The van der Waals surface area contributed by atoms with Crippen LogP contribution in [0.5, 0.6) is 0 Å². The van der Waals surface area contributed by atoms with Crippen molar-refractivity contribution < 1.29 is 4.79 Å². The Bertz CT molecular complexity index is 940. The number of nitrogens with zero attached hydrogens (tertiary/aromatic N) is 2. The molecule has 1 aliphatic heterocycles. The summed E-state index contributed by atoms with van der Waals surface area (Å²) in [5, 5.41) is 2.40. The van der Waals surface area contributed by atoms with E-state index in [2.05, 4.69) is 89.5 Å². The van der Waals surface area contributed by atoms with Gasteiger partial charge in [-0.1, -0.05) is 72.8 Å². The van der Waals surface area contributed by atoms with E-state index in [1.165, 1.54) is 16.3 Å². The lowest BCUT2D eigenvalue weighted by Crippen LogP contribution is -2.47. The van der Waals surface area contributed by atoms with Gasteiger partial charge in [-0.3, -0.25) is 9.69 Å². The van der Waals surface area contributed by atoms with Crippen molar-refractivity contribution in [2.75, 3.05) is 19.6 Å². The summed E-state index contributed by atoms with van der Waals surface area (Å²) >= 11 is 0. The SMILES string of the molecule is CCN(C(=O)Cc1cccc2ccccc12)C1CCN(Cc2ccccc2)CC1. The van der Waals surface area contributed by atoms with Gasteiger partial charge >= 0.3 is 0 Å². The number of hydrogen-bond acceptors (Lipinski definition) is 2. The summed E-state index contributed by atoms with van der Waals surface area (Å²) in [5.41, 5.74) is 2.50. The molecule has 0 aromatic heterocycles.